The number of aliphatic carboxylic acids is 1. The third kappa shape index (κ3) is 35.9. The lowest BCUT2D eigenvalue weighted by Gasteiger charge is -2.24. The second-order valence-corrected chi connectivity index (χ2v) is 21.7. The number of carbonyl (C=O) groups is 12. The number of carbonyl (C=O) groups excluding carboxylic acids is 11. The Morgan fingerprint density at radius 1 is 0.452 bits per heavy atom. The van der Waals surface area contributed by atoms with Gasteiger partial charge in [0, 0.05) is 70.4 Å². The third-order valence-electron chi connectivity index (χ3n) is 14.1. The number of nitrogens with one attached hydrogen (secondary N) is 5. The zero-order valence-electron chi connectivity index (χ0n) is 50.2. The van der Waals surface area contributed by atoms with Crippen LogP contribution in [0.3, 0.4) is 0 Å². The Hall–Kier alpha value is -6.90. The van der Waals surface area contributed by atoms with Gasteiger partial charge in [-0.25, -0.2) is 0 Å². The van der Waals surface area contributed by atoms with Gasteiger partial charge in [-0.15, -0.1) is 0 Å². The number of nitrogens with zero attached hydrogens (tertiary/aromatic N) is 2. The fourth-order valence-corrected chi connectivity index (χ4v) is 9.09. The molecule has 0 rings (SSSR count). The molecular formula is C57H100N12O15. The van der Waals surface area contributed by atoms with Gasteiger partial charge >= 0.3 is 5.97 Å². The number of hydrogen-bond donors (Lipinski definition) is 13. The molecule has 0 aromatic heterocycles. The van der Waals surface area contributed by atoms with Gasteiger partial charge in [-0.3, -0.25) is 67.5 Å². The average Bonchev–Trinajstić information content (AvgIpc) is 3.55. The first-order chi connectivity index (χ1) is 39.7. The van der Waals surface area contributed by atoms with Crippen LogP contribution in [0.1, 0.15) is 202 Å². The molecule has 27 nitrogen and oxygen atoms in total. The first-order valence-corrected chi connectivity index (χ1v) is 29.7. The predicted octanol–water partition coefficient (Wildman–Crippen LogP) is 0.816. The van der Waals surface area contributed by atoms with Crippen molar-refractivity contribution >= 4 is 82.2 Å². The van der Waals surface area contributed by atoms with Gasteiger partial charge in [0.25, 0.3) is 0 Å². The Kier molecular flexibility index (Phi) is 40.9. The number of unbranched alkanes of at least 4 members (excludes halogenated alkanes) is 12. The maximum absolute atomic E-state index is 13.8. The van der Waals surface area contributed by atoms with E-state index in [0.29, 0.717) is 12.8 Å². The van der Waals surface area contributed by atoms with E-state index < -0.39 is 170 Å². The highest BCUT2D eigenvalue weighted by atomic mass is 16.4. The van der Waals surface area contributed by atoms with Crippen molar-refractivity contribution < 1.29 is 72.9 Å². The molecule has 18 N–H and O–H groups in total. The van der Waals surface area contributed by atoms with E-state index in [1.54, 1.807) is 6.92 Å². The van der Waals surface area contributed by atoms with Crippen molar-refractivity contribution in [1.29, 1.82) is 0 Å². The summed E-state index contributed by atoms with van der Waals surface area (Å²) >= 11 is 0. The van der Waals surface area contributed by atoms with Gasteiger partial charge in [0.05, 0.1) is 55.1 Å². The van der Waals surface area contributed by atoms with Crippen LogP contribution in [0.2, 0.25) is 0 Å². The summed E-state index contributed by atoms with van der Waals surface area (Å²) in [5.41, 5.74) is 26.9. The molecule has 0 unspecified atom stereocenters. The minimum atomic E-state index is -1.72. The SMILES string of the molecule is CCCCCCCCCCCCCCCC(=O)N[C@H](C(=O)C[C@@H](CC(N)=O)C(=O)N[C@@H](C)C(=O)CCC(=O)N[C@@H](CCCN=C(N)N)C(=O)C[C@@H](CO)C(=O)N[C@@H](CC(=O)O)C(=O)C[C@@H](C)C(=O)N[C@@H](CCCN=C(N)N)C(=O)CC)[C@@H](C)O. The zero-order valence-corrected chi connectivity index (χ0v) is 50.2. The molecule has 6 amide bonds. The Morgan fingerprint density at radius 3 is 1.39 bits per heavy atom. The first-order valence-electron chi connectivity index (χ1n) is 29.7. The van der Waals surface area contributed by atoms with Crippen molar-refractivity contribution in [2.24, 2.45) is 56.4 Å². The van der Waals surface area contributed by atoms with Crippen molar-refractivity contribution in [3.63, 3.8) is 0 Å². The highest BCUT2D eigenvalue weighted by Gasteiger charge is 2.35. The van der Waals surface area contributed by atoms with E-state index in [4.69, 9.17) is 28.7 Å². The number of rotatable bonds is 51. The standard InChI is InChI=1S/C57H100N12O15/c1-6-8-9-10-11-12-13-14-15-16-17-18-19-24-49(78)69-52(37(5)71)47(76)30-38(32-48(58)77)54(83)65-36(4)44(73)25-26-50(79)66-41(23-21-28-64-57(61)62)46(75)31-39(34-70)55(84)68-42(33-51(80)81)45(74)29-35(3)53(82)67-40(43(72)7-2)22-20-27-63-56(59)60/h35-42,52,70-71H,6-34H2,1-5H3,(H2,58,77)(H,65,83)(H,66,79)(H,67,82)(H,68,84)(H,69,78)(H,80,81)(H4,59,60,63)(H4,61,62,64)/t35-,36+,37-,38+,39+,40+,41+,42+,52+/m1/s1. The van der Waals surface area contributed by atoms with E-state index in [1.165, 1.54) is 72.1 Å². The van der Waals surface area contributed by atoms with Crippen LogP contribution in [-0.2, 0) is 57.5 Å². The molecule has 478 valence electrons. The van der Waals surface area contributed by atoms with Crippen molar-refractivity contribution in [2.45, 2.75) is 238 Å². The topological polar surface area (TPSA) is 480 Å². The van der Waals surface area contributed by atoms with Crippen LogP contribution >= 0.6 is 0 Å². The van der Waals surface area contributed by atoms with Gasteiger partial charge < -0.3 is 70.6 Å². The maximum atomic E-state index is 13.8. The van der Waals surface area contributed by atoms with E-state index in [-0.39, 0.29) is 62.9 Å². The quantitative estimate of drug-likeness (QED) is 0.0228. The summed E-state index contributed by atoms with van der Waals surface area (Å²) in [4.78, 5) is 164. The third-order valence-corrected chi connectivity index (χ3v) is 14.1. The van der Waals surface area contributed by atoms with Crippen LogP contribution in [0.15, 0.2) is 9.98 Å². The fourth-order valence-electron chi connectivity index (χ4n) is 9.09. The Labute approximate surface area is 494 Å². The van der Waals surface area contributed by atoms with E-state index in [9.17, 15) is 72.9 Å². The van der Waals surface area contributed by atoms with Crippen molar-refractivity contribution in [2.75, 3.05) is 19.7 Å². The molecule has 0 radical (unpaired) electrons. The van der Waals surface area contributed by atoms with E-state index in [1.807, 2.05) is 0 Å². The van der Waals surface area contributed by atoms with Crippen LogP contribution in [0.4, 0.5) is 0 Å². The number of carboxylic acids is 1. The molecule has 0 aromatic carbocycles. The summed E-state index contributed by atoms with van der Waals surface area (Å²) in [5, 5.41) is 42.6. The number of aliphatic imine (C=N–C) groups is 2. The summed E-state index contributed by atoms with van der Waals surface area (Å²) < 4.78 is 0. The van der Waals surface area contributed by atoms with Crippen molar-refractivity contribution in [1.82, 2.24) is 26.6 Å². The minimum Gasteiger partial charge on any atom is -0.481 e. The maximum Gasteiger partial charge on any atom is 0.305 e. The summed E-state index contributed by atoms with van der Waals surface area (Å²) in [6.07, 6.45) is 9.43. The van der Waals surface area contributed by atoms with Crippen LogP contribution in [-0.4, -0.2) is 154 Å². The fraction of sp³-hybridized carbons (Fsp3) is 0.754. The Bertz CT molecular complexity index is 2180. The smallest absolute Gasteiger partial charge is 0.305 e. The van der Waals surface area contributed by atoms with Crippen LogP contribution in [0.5, 0.6) is 0 Å². The molecule has 27 heteroatoms. The molecule has 0 aliphatic carbocycles. The second kappa shape index (κ2) is 44.6. The van der Waals surface area contributed by atoms with Crippen LogP contribution < -0.4 is 55.3 Å². The van der Waals surface area contributed by atoms with Gasteiger partial charge in [-0.1, -0.05) is 97.8 Å². The van der Waals surface area contributed by atoms with Crippen molar-refractivity contribution in [3.05, 3.63) is 0 Å². The Morgan fingerprint density at radius 2 is 0.917 bits per heavy atom. The van der Waals surface area contributed by atoms with E-state index in [0.717, 1.165) is 25.7 Å². The highest BCUT2D eigenvalue weighted by molar-refractivity contribution is 5.99. The number of carboxylic acid groups (broad SMARTS) is 1. The lowest BCUT2D eigenvalue weighted by molar-refractivity contribution is -0.141. The van der Waals surface area contributed by atoms with Gasteiger partial charge in [0.15, 0.2) is 40.8 Å². The summed E-state index contributed by atoms with van der Waals surface area (Å²) in [5.74, 6) is -14.3. The molecule has 0 saturated heterocycles. The number of hydrogen-bond acceptors (Lipinski definition) is 16. The molecular weight excluding hydrogens is 1090 g/mol. The molecule has 84 heavy (non-hydrogen) atoms. The van der Waals surface area contributed by atoms with Crippen molar-refractivity contribution in [3.8, 4) is 0 Å². The van der Waals surface area contributed by atoms with Gasteiger partial charge in [0.1, 0.15) is 6.04 Å². The number of Topliss-reactive ketones (excluding diaryl/α,β-unsaturated/α-hetero) is 5. The van der Waals surface area contributed by atoms with Crippen LogP contribution in [0, 0.1) is 17.8 Å². The number of guanidine groups is 2. The highest BCUT2D eigenvalue weighted by Crippen LogP contribution is 2.18. The second-order valence-electron chi connectivity index (χ2n) is 21.7. The number of amides is 6. The predicted molar refractivity (Wildman–Crippen MR) is 315 cm³/mol. The molecule has 9 atom stereocenters. The van der Waals surface area contributed by atoms with Gasteiger partial charge in [-0.05, 0) is 46.0 Å². The lowest BCUT2D eigenvalue weighted by Crippen LogP contribution is -2.49. The molecule has 0 aliphatic rings. The van der Waals surface area contributed by atoms with E-state index >= 15 is 0 Å². The van der Waals surface area contributed by atoms with Gasteiger partial charge in [-0.2, -0.15) is 0 Å². The number of primary amides is 1. The number of nitrogens with two attached hydrogens (primary N) is 5. The molecule has 0 heterocycles. The summed E-state index contributed by atoms with van der Waals surface area (Å²) in [6.45, 7) is 6.98. The normalized spacial score (nSPS) is 14.3. The number of aliphatic hydroxyl groups is 2. The molecule has 0 aromatic rings. The van der Waals surface area contributed by atoms with Crippen LogP contribution in [0.25, 0.3) is 0 Å². The number of ketones is 5. The molecule has 0 spiro atoms. The zero-order chi connectivity index (χ0) is 63.7. The monoisotopic (exact) mass is 1190 g/mol. The Balaban J connectivity index is 5.73. The summed E-state index contributed by atoms with van der Waals surface area (Å²) in [6, 6.07) is -6.67. The molecule has 0 saturated carbocycles. The summed E-state index contributed by atoms with van der Waals surface area (Å²) in [7, 11) is 0. The number of aliphatic hydroxyl groups excluding tert-OH is 2. The van der Waals surface area contributed by atoms with E-state index in [2.05, 4.69) is 43.5 Å². The molecule has 0 aliphatic heterocycles. The van der Waals surface area contributed by atoms with Gasteiger partial charge in [0.2, 0.25) is 35.4 Å². The molecule has 0 bridgehead atoms. The average molecular weight is 1190 g/mol. The molecule has 0 fully saturated rings. The first kappa shape index (κ1) is 77.1. The minimum absolute atomic E-state index is 0.00220. The largest absolute Gasteiger partial charge is 0.481 e. The lowest BCUT2D eigenvalue weighted by atomic mass is 9.92.